The van der Waals surface area contributed by atoms with Gasteiger partial charge in [-0.3, -0.25) is 0 Å². The number of hydrogen-bond donors (Lipinski definition) is 1. The molecular formula is C14H15N3S. The van der Waals surface area contributed by atoms with Crippen molar-refractivity contribution >= 4 is 28.1 Å². The van der Waals surface area contributed by atoms with Crippen LogP contribution in [-0.4, -0.2) is 9.55 Å². The van der Waals surface area contributed by atoms with Crippen LogP contribution in [0.5, 0.6) is 0 Å². The van der Waals surface area contributed by atoms with Gasteiger partial charge < -0.3 is 10.3 Å². The van der Waals surface area contributed by atoms with Crippen molar-refractivity contribution in [2.45, 2.75) is 19.9 Å². The SMILES string of the molecule is Cc1nc2cc(N)ccc2n1CCc1ccsc1. The van der Waals surface area contributed by atoms with Crippen molar-refractivity contribution in [2.24, 2.45) is 0 Å². The zero-order valence-corrected chi connectivity index (χ0v) is 11.1. The summed E-state index contributed by atoms with van der Waals surface area (Å²) < 4.78 is 2.26. The molecule has 3 nitrogen and oxygen atoms in total. The molecule has 0 aliphatic carbocycles. The minimum absolute atomic E-state index is 0.769. The predicted octanol–water partition coefficient (Wildman–Crippen LogP) is 3.23. The van der Waals surface area contributed by atoms with E-state index in [4.69, 9.17) is 5.73 Å². The Morgan fingerprint density at radius 2 is 2.22 bits per heavy atom. The Bertz CT molecular complexity index is 668. The predicted molar refractivity (Wildman–Crippen MR) is 76.9 cm³/mol. The number of nitrogen functional groups attached to an aromatic ring is 1. The van der Waals surface area contributed by atoms with Gasteiger partial charge in [0.2, 0.25) is 0 Å². The molecule has 2 aromatic heterocycles. The van der Waals surface area contributed by atoms with E-state index in [0.717, 1.165) is 35.5 Å². The second-order valence-electron chi connectivity index (χ2n) is 4.44. The van der Waals surface area contributed by atoms with Crippen LogP contribution in [0.4, 0.5) is 5.69 Å². The Labute approximate surface area is 110 Å². The summed E-state index contributed by atoms with van der Waals surface area (Å²) in [6.07, 6.45) is 1.04. The molecule has 0 bridgehead atoms. The maximum Gasteiger partial charge on any atom is 0.106 e. The maximum atomic E-state index is 5.79. The standard InChI is InChI=1S/C14H15N3S/c1-10-16-13-8-12(15)2-3-14(13)17(10)6-4-11-5-7-18-9-11/h2-3,5,7-9H,4,6,15H2,1H3. The molecule has 0 aliphatic rings. The average Bonchev–Trinajstić information content (AvgIpc) is 2.93. The van der Waals surface area contributed by atoms with E-state index in [2.05, 4.69) is 32.4 Å². The smallest absolute Gasteiger partial charge is 0.106 e. The van der Waals surface area contributed by atoms with Crippen LogP contribution in [-0.2, 0) is 13.0 Å². The lowest BCUT2D eigenvalue weighted by atomic mass is 10.2. The normalized spacial score (nSPS) is 11.2. The Morgan fingerprint density at radius 3 is 3.00 bits per heavy atom. The van der Waals surface area contributed by atoms with Gasteiger partial charge in [0.15, 0.2) is 0 Å². The van der Waals surface area contributed by atoms with E-state index < -0.39 is 0 Å². The van der Waals surface area contributed by atoms with Gasteiger partial charge in [0.05, 0.1) is 11.0 Å². The highest BCUT2D eigenvalue weighted by Gasteiger charge is 2.07. The summed E-state index contributed by atoms with van der Waals surface area (Å²) in [4.78, 5) is 4.56. The monoisotopic (exact) mass is 257 g/mol. The van der Waals surface area contributed by atoms with Gasteiger partial charge in [0, 0.05) is 12.2 Å². The molecule has 2 N–H and O–H groups in total. The lowest BCUT2D eigenvalue weighted by Crippen LogP contribution is -2.02. The number of anilines is 1. The fraction of sp³-hybridized carbons (Fsp3) is 0.214. The third kappa shape index (κ3) is 1.99. The highest BCUT2D eigenvalue weighted by atomic mass is 32.1. The summed E-state index contributed by atoms with van der Waals surface area (Å²) in [5, 5.41) is 4.32. The maximum absolute atomic E-state index is 5.79. The molecule has 0 spiro atoms. The summed E-state index contributed by atoms with van der Waals surface area (Å²) in [5.41, 5.74) is 10.1. The zero-order valence-electron chi connectivity index (χ0n) is 10.3. The van der Waals surface area contributed by atoms with Crippen LogP contribution < -0.4 is 5.73 Å². The van der Waals surface area contributed by atoms with Gasteiger partial charge >= 0.3 is 0 Å². The zero-order chi connectivity index (χ0) is 12.5. The van der Waals surface area contributed by atoms with Crippen molar-refractivity contribution < 1.29 is 0 Å². The molecule has 0 aliphatic heterocycles. The number of benzene rings is 1. The third-order valence-corrected chi connectivity index (χ3v) is 3.90. The Hall–Kier alpha value is -1.81. The highest BCUT2D eigenvalue weighted by molar-refractivity contribution is 7.07. The van der Waals surface area contributed by atoms with Crippen LogP contribution >= 0.6 is 11.3 Å². The summed E-state index contributed by atoms with van der Waals surface area (Å²) in [7, 11) is 0. The van der Waals surface area contributed by atoms with Crippen LogP contribution in [0.2, 0.25) is 0 Å². The van der Waals surface area contributed by atoms with Gasteiger partial charge in [-0.2, -0.15) is 11.3 Å². The first-order valence-electron chi connectivity index (χ1n) is 5.97. The summed E-state index contributed by atoms with van der Waals surface area (Å²) >= 11 is 1.75. The molecule has 2 heterocycles. The number of rotatable bonds is 3. The fourth-order valence-corrected chi connectivity index (χ4v) is 2.93. The van der Waals surface area contributed by atoms with Gasteiger partial charge in [-0.15, -0.1) is 0 Å². The molecule has 0 amide bonds. The van der Waals surface area contributed by atoms with Crippen molar-refractivity contribution in [2.75, 3.05) is 5.73 Å². The van der Waals surface area contributed by atoms with E-state index in [0.29, 0.717) is 0 Å². The first-order chi connectivity index (χ1) is 8.74. The van der Waals surface area contributed by atoms with Crippen LogP contribution in [0.3, 0.4) is 0 Å². The van der Waals surface area contributed by atoms with E-state index in [-0.39, 0.29) is 0 Å². The van der Waals surface area contributed by atoms with Crippen LogP contribution in [0.25, 0.3) is 11.0 Å². The largest absolute Gasteiger partial charge is 0.399 e. The van der Waals surface area contributed by atoms with Gasteiger partial charge in [-0.05, 0) is 53.9 Å². The number of aryl methyl sites for hydroxylation is 3. The molecule has 1 aromatic carbocycles. The topological polar surface area (TPSA) is 43.8 Å². The van der Waals surface area contributed by atoms with E-state index in [1.807, 2.05) is 19.1 Å². The van der Waals surface area contributed by atoms with Crippen LogP contribution in [0, 0.1) is 6.92 Å². The second-order valence-corrected chi connectivity index (χ2v) is 5.22. The molecule has 0 unspecified atom stereocenters. The minimum Gasteiger partial charge on any atom is -0.399 e. The van der Waals surface area contributed by atoms with Gasteiger partial charge in [0.1, 0.15) is 5.82 Å². The van der Waals surface area contributed by atoms with Gasteiger partial charge in [-0.25, -0.2) is 4.98 Å². The first kappa shape index (κ1) is 11.3. The Balaban J connectivity index is 1.93. The number of imidazole rings is 1. The van der Waals surface area contributed by atoms with Crippen LogP contribution in [0.15, 0.2) is 35.0 Å². The second kappa shape index (κ2) is 4.46. The van der Waals surface area contributed by atoms with E-state index >= 15 is 0 Å². The number of hydrogen-bond acceptors (Lipinski definition) is 3. The van der Waals surface area contributed by atoms with Gasteiger partial charge in [0.25, 0.3) is 0 Å². The number of nitrogens with two attached hydrogens (primary N) is 1. The van der Waals surface area contributed by atoms with Crippen molar-refractivity contribution in [1.82, 2.24) is 9.55 Å². The molecule has 92 valence electrons. The fourth-order valence-electron chi connectivity index (χ4n) is 2.23. The lowest BCUT2D eigenvalue weighted by molar-refractivity contribution is 0.693. The Morgan fingerprint density at radius 1 is 1.33 bits per heavy atom. The molecule has 3 aromatic rings. The van der Waals surface area contributed by atoms with Gasteiger partial charge in [-0.1, -0.05) is 0 Å². The molecule has 0 saturated heterocycles. The molecule has 0 atom stereocenters. The average molecular weight is 257 g/mol. The summed E-state index contributed by atoms with van der Waals surface area (Å²) in [6.45, 7) is 3.01. The molecule has 0 saturated carbocycles. The van der Waals surface area contributed by atoms with Crippen molar-refractivity contribution in [3.05, 3.63) is 46.4 Å². The van der Waals surface area contributed by atoms with Crippen molar-refractivity contribution in [3.63, 3.8) is 0 Å². The molecular weight excluding hydrogens is 242 g/mol. The molecule has 18 heavy (non-hydrogen) atoms. The number of fused-ring (bicyclic) bond motifs is 1. The van der Waals surface area contributed by atoms with E-state index in [1.165, 1.54) is 5.56 Å². The first-order valence-corrected chi connectivity index (χ1v) is 6.92. The Kier molecular flexibility index (Phi) is 2.80. The molecule has 0 fully saturated rings. The minimum atomic E-state index is 0.769. The third-order valence-electron chi connectivity index (χ3n) is 3.17. The van der Waals surface area contributed by atoms with Crippen LogP contribution in [0.1, 0.15) is 11.4 Å². The number of aromatic nitrogens is 2. The number of nitrogens with zero attached hydrogens (tertiary/aromatic N) is 2. The summed E-state index contributed by atoms with van der Waals surface area (Å²) in [5.74, 6) is 1.05. The molecule has 3 rings (SSSR count). The van der Waals surface area contributed by atoms with Crippen molar-refractivity contribution in [3.8, 4) is 0 Å². The van der Waals surface area contributed by atoms with E-state index in [1.54, 1.807) is 11.3 Å². The summed E-state index contributed by atoms with van der Waals surface area (Å²) in [6, 6.07) is 8.10. The lowest BCUT2D eigenvalue weighted by Gasteiger charge is -2.05. The highest BCUT2D eigenvalue weighted by Crippen LogP contribution is 2.19. The molecule has 4 heteroatoms. The van der Waals surface area contributed by atoms with Crippen molar-refractivity contribution in [1.29, 1.82) is 0 Å². The molecule has 0 radical (unpaired) electrons. The quantitative estimate of drug-likeness (QED) is 0.732. The number of thiophene rings is 1. The van der Waals surface area contributed by atoms with E-state index in [9.17, 15) is 0 Å².